The zero-order valence-corrected chi connectivity index (χ0v) is 12.2. The van der Waals surface area contributed by atoms with Crippen molar-refractivity contribution in [3.8, 4) is 17.1 Å². The van der Waals surface area contributed by atoms with Crippen molar-refractivity contribution in [3.05, 3.63) is 53.1 Å². The summed E-state index contributed by atoms with van der Waals surface area (Å²) < 4.78 is 1.68. The van der Waals surface area contributed by atoms with E-state index in [1.807, 2.05) is 18.2 Å². The number of nitrogens with two attached hydrogens (primary N) is 1. The topological polar surface area (TPSA) is 69.6 Å². The summed E-state index contributed by atoms with van der Waals surface area (Å²) in [6, 6.07) is 13.3. The van der Waals surface area contributed by atoms with Gasteiger partial charge in [0, 0.05) is 5.69 Å². The molecule has 2 N–H and O–H groups in total. The van der Waals surface area contributed by atoms with Gasteiger partial charge in [0.15, 0.2) is 5.82 Å². The van der Waals surface area contributed by atoms with Crippen LogP contribution in [0.3, 0.4) is 0 Å². The van der Waals surface area contributed by atoms with Crippen LogP contribution < -0.4 is 5.73 Å². The van der Waals surface area contributed by atoms with Crippen LogP contribution in [-0.2, 0) is 6.42 Å². The fraction of sp³-hybridized carbons (Fsp3) is 0.133. The molecule has 1 heterocycles. The van der Waals surface area contributed by atoms with Crippen LogP contribution in [0.5, 0.6) is 0 Å². The van der Waals surface area contributed by atoms with E-state index in [9.17, 15) is 0 Å². The van der Waals surface area contributed by atoms with Crippen molar-refractivity contribution in [2.75, 3.05) is 5.73 Å². The van der Waals surface area contributed by atoms with Crippen molar-refractivity contribution in [3.63, 3.8) is 0 Å². The minimum atomic E-state index is 0.528. The molecule has 0 bridgehead atoms. The molecule has 0 unspecified atom stereocenters. The van der Waals surface area contributed by atoms with Gasteiger partial charge in [0.2, 0.25) is 0 Å². The first-order chi connectivity index (χ1) is 10.2. The van der Waals surface area contributed by atoms with Crippen molar-refractivity contribution in [2.45, 2.75) is 13.3 Å². The summed E-state index contributed by atoms with van der Waals surface area (Å²) in [6.45, 7) is 2.09. The molecular formula is C15H14ClN5. The second-order valence-electron chi connectivity index (χ2n) is 4.60. The number of hydrogen-bond acceptors (Lipinski definition) is 4. The Labute approximate surface area is 127 Å². The summed E-state index contributed by atoms with van der Waals surface area (Å²) in [7, 11) is 0. The highest BCUT2D eigenvalue weighted by atomic mass is 35.5. The Morgan fingerprint density at radius 3 is 2.71 bits per heavy atom. The third kappa shape index (κ3) is 2.36. The van der Waals surface area contributed by atoms with Gasteiger partial charge >= 0.3 is 0 Å². The van der Waals surface area contributed by atoms with E-state index in [2.05, 4.69) is 28.5 Å². The number of aromatic nitrogens is 4. The van der Waals surface area contributed by atoms with E-state index in [4.69, 9.17) is 17.3 Å². The van der Waals surface area contributed by atoms with Gasteiger partial charge < -0.3 is 5.73 Å². The quantitative estimate of drug-likeness (QED) is 0.754. The molecule has 0 saturated carbocycles. The van der Waals surface area contributed by atoms with Crippen molar-refractivity contribution in [2.24, 2.45) is 0 Å². The van der Waals surface area contributed by atoms with E-state index >= 15 is 0 Å². The number of nitrogen functional groups attached to an aromatic ring is 1. The zero-order valence-electron chi connectivity index (χ0n) is 11.5. The van der Waals surface area contributed by atoms with Crippen molar-refractivity contribution in [1.82, 2.24) is 20.2 Å². The number of rotatable bonds is 3. The van der Waals surface area contributed by atoms with Crippen LogP contribution in [0.15, 0.2) is 42.5 Å². The molecule has 0 aliphatic rings. The van der Waals surface area contributed by atoms with Gasteiger partial charge in [-0.2, -0.15) is 4.68 Å². The molecule has 2 aromatic carbocycles. The molecule has 0 spiro atoms. The third-order valence-electron chi connectivity index (χ3n) is 3.34. The minimum Gasteiger partial charge on any atom is -0.398 e. The van der Waals surface area contributed by atoms with E-state index < -0.39 is 0 Å². The van der Waals surface area contributed by atoms with Crippen LogP contribution in [0.25, 0.3) is 17.1 Å². The highest BCUT2D eigenvalue weighted by Crippen LogP contribution is 2.32. The van der Waals surface area contributed by atoms with Gasteiger partial charge in [0.1, 0.15) is 0 Å². The molecule has 0 radical (unpaired) electrons. The molecule has 21 heavy (non-hydrogen) atoms. The average molecular weight is 300 g/mol. The number of aryl methyl sites for hydroxylation is 1. The lowest BCUT2D eigenvalue weighted by Crippen LogP contribution is -2.05. The summed E-state index contributed by atoms with van der Waals surface area (Å²) in [5, 5.41) is 12.5. The summed E-state index contributed by atoms with van der Waals surface area (Å²) in [6.07, 6.45) is 0.882. The Kier molecular flexibility index (Phi) is 3.58. The first-order valence-electron chi connectivity index (χ1n) is 6.63. The van der Waals surface area contributed by atoms with Crippen molar-refractivity contribution < 1.29 is 0 Å². The number of tetrazole rings is 1. The molecule has 3 rings (SSSR count). The van der Waals surface area contributed by atoms with Crippen molar-refractivity contribution in [1.29, 1.82) is 0 Å². The third-order valence-corrected chi connectivity index (χ3v) is 3.65. The maximum absolute atomic E-state index is 6.27. The summed E-state index contributed by atoms with van der Waals surface area (Å²) in [5.74, 6) is 0.541. The number of hydrogen-bond donors (Lipinski definition) is 1. The van der Waals surface area contributed by atoms with E-state index in [0.29, 0.717) is 22.1 Å². The fourth-order valence-corrected chi connectivity index (χ4v) is 2.56. The minimum absolute atomic E-state index is 0.528. The van der Waals surface area contributed by atoms with Gasteiger partial charge in [-0.1, -0.05) is 42.8 Å². The van der Waals surface area contributed by atoms with Gasteiger partial charge in [-0.3, -0.25) is 0 Å². The number of nitrogens with zero attached hydrogens (tertiary/aromatic N) is 4. The van der Waals surface area contributed by atoms with Crippen molar-refractivity contribution >= 4 is 17.3 Å². The predicted octanol–water partition coefficient (Wildman–Crippen LogP) is 3.13. The van der Waals surface area contributed by atoms with E-state index in [0.717, 1.165) is 17.7 Å². The second-order valence-corrected chi connectivity index (χ2v) is 5.01. The van der Waals surface area contributed by atoms with E-state index in [-0.39, 0.29) is 0 Å². The Morgan fingerprint density at radius 1 is 1.14 bits per heavy atom. The molecule has 0 aliphatic carbocycles. The standard InChI is InChI=1S/C15H14ClN5/c1-2-10-6-3-4-9-13(10)21-15(18-19-20-21)14-11(16)7-5-8-12(14)17/h3-9H,2,17H2,1H3. The maximum atomic E-state index is 6.27. The Morgan fingerprint density at radius 2 is 1.95 bits per heavy atom. The normalized spacial score (nSPS) is 10.8. The molecular weight excluding hydrogens is 286 g/mol. The molecule has 0 fully saturated rings. The SMILES string of the molecule is CCc1ccccc1-n1nnnc1-c1c(N)cccc1Cl. The molecule has 0 saturated heterocycles. The maximum Gasteiger partial charge on any atom is 0.190 e. The van der Waals surface area contributed by atoms with Gasteiger partial charge in [0.25, 0.3) is 0 Å². The average Bonchev–Trinajstić information content (AvgIpc) is 2.96. The highest BCUT2D eigenvalue weighted by Gasteiger charge is 2.17. The lowest BCUT2D eigenvalue weighted by Gasteiger charge is -2.11. The van der Waals surface area contributed by atoms with Crippen LogP contribution in [-0.4, -0.2) is 20.2 Å². The van der Waals surface area contributed by atoms with Crippen LogP contribution >= 0.6 is 11.6 Å². The zero-order chi connectivity index (χ0) is 14.8. The van der Waals surface area contributed by atoms with Gasteiger partial charge in [0.05, 0.1) is 16.3 Å². The predicted molar refractivity (Wildman–Crippen MR) is 83.4 cm³/mol. The number of anilines is 1. The Balaban J connectivity index is 2.23. The molecule has 0 amide bonds. The van der Waals surface area contributed by atoms with E-state index in [1.54, 1.807) is 22.9 Å². The largest absolute Gasteiger partial charge is 0.398 e. The first kappa shape index (κ1) is 13.6. The van der Waals surface area contributed by atoms with Gasteiger partial charge in [-0.05, 0) is 40.6 Å². The molecule has 3 aromatic rings. The van der Waals surface area contributed by atoms with Gasteiger partial charge in [-0.15, -0.1) is 5.10 Å². The van der Waals surface area contributed by atoms with Crippen LogP contribution in [0.1, 0.15) is 12.5 Å². The highest BCUT2D eigenvalue weighted by molar-refractivity contribution is 6.33. The number of benzene rings is 2. The smallest absolute Gasteiger partial charge is 0.190 e. The molecule has 6 heteroatoms. The monoisotopic (exact) mass is 299 g/mol. The summed E-state index contributed by atoms with van der Waals surface area (Å²) in [4.78, 5) is 0. The lowest BCUT2D eigenvalue weighted by molar-refractivity contribution is 0.783. The van der Waals surface area contributed by atoms with Gasteiger partial charge in [-0.25, -0.2) is 0 Å². The molecule has 106 valence electrons. The van der Waals surface area contributed by atoms with Crippen LogP contribution in [0.2, 0.25) is 5.02 Å². The first-order valence-corrected chi connectivity index (χ1v) is 7.01. The number of halogens is 1. The fourth-order valence-electron chi connectivity index (χ4n) is 2.30. The molecule has 5 nitrogen and oxygen atoms in total. The van der Waals surface area contributed by atoms with E-state index in [1.165, 1.54) is 0 Å². The number of para-hydroxylation sites is 1. The molecule has 1 aromatic heterocycles. The van der Waals surface area contributed by atoms with Crippen LogP contribution in [0.4, 0.5) is 5.69 Å². The summed E-state index contributed by atoms with van der Waals surface area (Å²) >= 11 is 6.27. The molecule has 0 atom stereocenters. The Hall–Kier alpha value is -2.40. The summed E-state index contributed by atoms with van der Waals surface area (Å²) in [5.41, 5.74) is 9.31. The lowest BCUT2D eigenvalue weighted by atomic mass is 10.1. The molecule has 0 aliphatic heterocycles. The second kappa shape index (κ2) is 5.54. The Bertz CT molecular complexity index is 761. The van der Waals surface area contributed by atoms with Crippen LogP contribution in [0, 0.1) is 0 Å².